The quantitative estimate of drug-likeness (QED) is 0.561. The molecule has 0 spiro atoms. The Bertz CT molecular complexity index is 1120. The Balaban J connectivity index is 1.34. The minimum Gasteiger partial charge on any atom is -0.449 e. The molecule has 1 aliphatic heterocycles. The lowest BCUT2D eigenvalue weighted by Crippen LogP contribution is -2.48. The molecule has 1 atom stereocenters. The van der Waals surface area contributed by atoms with E-state index in [-0.39, 0.29) is 22.4 Å². The number of amides is 1. The molecule has 1 saturated carbocycles. The van der Waals surface area contributed by atoms with Crippen molar-refractivity contribution in [2.75, 3.05) is 26.2 Å². The molecule has 1 unspecified atom stereocenters. The normalized spacial score (nSPS) is 18.8. The van der Waals surface area contributed by atoms with Crippen LogP contribution in [-0.4, -0.2) is 67.8 Å². The monoisotopic (exact) mass is 499 g/mol. The van der Waals surface area contributed by atoms with Gasteiger partial charge >= 0.3 is 5.97 Å². The van der Waals surface area contributed by atoms with E-state index in [1.807, 2.05) is 18.2 Å². The Labute approximate surface area is 207 Å². The number of sulfonamides is 1. The molecular weight excluding hydrogens is 466 g/mol. The van der Waals surface area contributed by atoms with E-state index in [1.165, 1.54) is 41.1 Å². The van der Waals surface area contributed by atoms with Crippen LogP contribution in [0.2, 0.25) is 0 Å². The van der Waals surface area contributed by atoms with Gasteiger partial charge in [-0.25, -0.2) is 13.2 Å². The Morgan fingerprint density at radius 2 is 1.69 bits per heavy atom. The number of piperazine rings is 1. The van der Waals surface area contributed by atoms with Crippen molar-refractivity contribution in [3.8, 4) is 0 Å². The first kappa shape index (κ1) is 25.3. The summed E-state index contributed by atoms with van der Waals surface area (Å²) in [5.74, 6) is -1.05. The lowest BCUT2D eigenvalue weighted by molar-refractivity contribution is -0.129. The largest absolute Gasteiger partial charge is 0.449 e. The summed E-state index contributed by atoms with van der Waals surface area (Å²) in [5.41, 5.74) is 1.30. The number of carbonyl (C=O) groups excluding carboxylic acids is 2. The molecule has 2 fully saturated rings. The summed E-state index contributed by atoms with van der Waals surface area (Å²) < 4.78 is 33.3. The van der Waals surface area contributed by atoms with Gasteiger partial charge in [0.1, 0.15) is 0 Å². The molecule has 1 aliphatic carbocycles. The van der Waals surface area contributed by atoms with Gasteiger partial charge in [-0.3, -0.25) is 9.69 Å². The first-order valence-electron chi connectivity index (χ1n) is 12.2. The van der Waals surface area contributed by atoms with Gasteiger partial charge in [0.2, 0.25) is 10.0 Å². The highest BCUT2D eigenvalue weighted by Crippen LogP contribution is 2.21. The van der Waals surface area contributed by atoms with Crippen molar-refractivity contribution in [2.24, 2.45) is 0 Å². The smallest absolute Gasteiger partial charge is 0.338 e. The number of hydrogen-bond acceptors (Lipinski definition) is 6. The van der Waals surface area contributed by atoms with Gasteiger partial charge in [0, 0.05) is 38.8 Å². The average Bonchev–Trinajstić information content (AvgIpc) is 3.38. The van der Waals surface area contributed by atoms with Gasteiger partial charge in [0.25, 0.3) is 5.91 Å². The molecule has 1 N–H and O–H groups in total. The van der Waals surface area contributed by atoms with Gasteiger partial charge in [-0.15, -0.1) is 0 Å². The lowest BCUT2D eigenvalue weighted by atomic mass is 10.2. The number of hydrogen-bond donors (Lipinski definition) is 1. The van der Waals surface area contributed by atoms with Crippen LogP contribution in [0.15, 0.2) is 59.5 Å². The van der Waals surface area contributed by atoms with Gasteiger partial charge in [-0.2, -0.15) is 4.31 Å². The zero-order chi connectivity index (χ0) is 24.8. The average molecular weight is 500 g/mol. The second kappa shape index (κ2) is 11.3. The van der Waals surface area contributed by atoms with Crippen LogP contribution < -0.4 is 5.32 Å². The third kappa shape index (κ3) is 6.48. The molecule has 35 heavy (non-hydrogen) atoms. The molecule has 8 nitrogen and oxygen atoms in total. The van der Waals surface area contributed by atoms with Crippen LogP contribution in [0.4, 0.5) is 0 Å². The molecule has 1 heterocycles. The summed E-state index contributed by atoms with van der Waals surface area (Å²) in [6, 6.07) is 16.1. The number of esters is 1. The van der Waals surface area contributed by atoms with E-state index < -0.39 is 22.1 Å². The number of ether oxygens (including phenoxy) is 1. The van der Waals surface area contributed by atoms with E-state index in [0.29, 0.717) is 26.2 Å². The highest BCUT2D eigenvalue weighted by atomic mass is 32.2. The maximum Gasteiger partial charge on any atom is 0.338 e. The van der Waals surface area contributed by atoms with Crippen molar-refractivity contribution in [1.82, 2.24) is 14.5 Å². The molecule has 0 radical (unpaired) electrons. The van der Waals surface area contributed by atoms with Gasteiger partial charge in [0.05, 0.1) is 10.5 Å². The minimum absolute atomic E-state index is 0.0477. The molecule has 9 heteroatoms. The summed E-state index contributed by atoms with van der Waals surface area (Å²) in [7, 11) is -3.76. The fraction of sp³-hybridized carbons (Fsp3) is 0.462. The first-order valence-corrected chi connectivity index (χ1v) is 13.6. The minimum atomic E-state index is -3.76. The van der Waals surface area contributed by atoms with Crippen LogP contribution in [0, 0.1) is 0 Å². The number of nitrogens with one attached hydrogen (secondary N) is 1. The molecule has 2 aromatic rings. The Morgan fingerprint density at radius 1 is 1.00 bits per heavy atom. The molecule has 4 rings (SSSR count). The fourth-order valence-electron chi connectivity index (χ4n) is 4.57. The van der Waals surface area contributed by atoms with E-state index in [1.54, 1.807) is 0 Å². The number of carbonyl (C=O) groups is 2. The predicted molar refractivity (Wildman–Crippen MR) is 132 cm³/mol. The molecule has 2 aliphatic rings. The standard InChI is InChI=1S/C26H33N3O5S/c1-20(25(30)27-23-11-5-6-12-23)34-26(31)22-10-7-13-24(18-22)35(32,33)29-16-14-28(15-17-29)19-21-8-3-2-4-9-21/h2-4,7-10,13,18,20,23H,5-6,11-12,14-17,19H2,1H3,(H,27,30). The topological polar surface area (TPSA) is 96.0 Å². The number of nitrogens with zero attached hydrogens (tertiary/aromatic N) is 2. The molecule has 1 saturated heterocycles. The summed E-state index contributed by atoms with van der Waals surface area (Å²) in [6.07, 6.45) is 3.09. The lowest BCUT2D eigenvalue weighted by Gasteiger charge is -2.34. The summed E-state index contributed by atoms with van der Waals surface area (Å²) in [6.45, 7) is 4.32. The first-order chi connectivity index (χ1) is 16.8. The van der Waals surface area contributed by atoms with Crippen LogP contribution in [0.25, 0.3) is 0 Å². The maximum absolute atomic E-state index is 13.2. The van der Waals surface area contributed by atoms with E-state index in [4.69, 9.17) is 4.74 Å². The molecule has 188 valence electrons. The SMILES string of the molecule is CC(OC(=O)c1cccc(S(=O)(=O)N2CCN(Cc3ccccc3)CC2)c1)C(=O)NC1CCCC1. The fourth-order valence-corrected chi connectivity index (χ4v) is 6.04. The van der Waals surface area contributed by atoms with Gasteiger partial charge in [-0.1, -0.05) is 49.2 Å². The second-order valence-corrected chi connectivity index (χ2v) is 11.2. The Hall–Kier alpha value is -2.75. The van der Waals surface area contributed by atoms with Crippen molar-refractivity contribution >= 4 is 21.9 Å². The van der Waals surface area contributed by atoms with Crippen molar-refractivity contribution < 1.29 is 22.7 Å². The maximum atomic E-state index is 13.2. The van der Waals surface area contributed by atoms with Crippen LogP contribution in [0.1, 0.15) is 48.5 Å². The highest BCUT2D eigenvalue weighted by molar-refractivity contribution is 7.89. The van der Waals surface area contributed by atoms with Crippen molar-refractivity contribution in [2.45, 2.75) is 56.2 Å². The van der Waals surface area contributed by atoms with Crippen LogP contribution in [-0.2, 0) is 26.1 Å². The van der Waals surface area contributed by atoms with Crippen LogP contribution in [0.5, 0.6) is 0 Å². The summed E-state index contributed by atoms with van der Waals surface area (Å²) in [5, 5.41) is 2.91. The van der Waals surface area contributed by atoms with E-state index in [9.17, 15) is 18.0 Å². The third-order valence-corrected chi connectivity index (χ3v) is 8.54. The third-order valence-electron chi connectivity index (χ3n) is 6.64. The predicted octanol–water partition coefficient (Wildman–Crippen LogP) is 2.80. The van der Waals surface area contributed by atoms with Crippen molar-refractivity contribution in [3.05, 3.63) is 65.7 Å². The van der Waals surface area contributed by atoms with E-state index in [2.05, 4.69) is 22.3 Å². The zero-order valence-corrected chi connectivity index (χ0v) is 20.9. The van der Waals surface area contributed by atoms with E-state index >= 15 is 0 Å². The molecule has 1 amide bonds. The van der Waals surface area contributed by atoms with Gasteiger partial charge < -0.3 is 10.1 Å². The summed E-state index contributed by atoms with van der Waals surface area (Å²) in [4.78, 5) is 27.3. The Morgan fingerprint density at radius 3 is 2.37 bits per heavy atom. The zero-order valence-electron chi connectivity index (χ0n) is 20.1. The Kier molecular flexibility index (Phi) is 8.20. The van der Waals surface area contributed by atoms with Crippen LogP contribution >= 0.6 is 0 Å². The molecular formula is C26H33N3O5S. The second-order valence-electron chi connectivity index (χ2n) is 9.23. The van der Waals surface area contributed by atoms with Crippen LogP contribution in [0.3, 0.4) is 0 Å². The number of rotatable bonds is 8. The van der Waals surface area contributed by atoms with Gasteiger partial charge in [-0.05, 0) is 43.5 Å². The summed E-state index contributed by atoms with van der Waals surface area (Å²) >= 11 is 0. The van der Waals surface area contributed by atoms with Crippen molar-refractivity contribution in [3.63, 3.8) is 0 Å². The highest BCUT2D eigenvalue weighted by Gasteiger charge is 2.30. The molecule has 0 aromatic heterocycles. The molecule has 0 bridgehead atoms. The molecule has 2 aromatic carbocycles. The number of benzene rings is 2. The van der Waals surface area contributed by atoms with Gasteiger partial charge in [0.15, 0.2) is 6.10 Å². The van der Waals surface area contributed by atoms with Crippen molar-refractivity contribution in [1.29, 1.82) is 0 Å². The van der Waals surface area contributed by atoms with E-state index in [0.717, 1.165) is 32.2 Å².